The van der Waals surface area contributed by atoms with E-state index in [2.05, 4.69) is 27.9 Å². The molecule has 1 spiro atoms. The fraction of sp³-hybridized carbons (Fsp3) is 0.583. The van der Waals surface area contributed by atoms with Gasteiger partial charge in [0.15, 0.2) is 5.69 Å². The third kappa shape index (κ3) is 5.29. The smallest absolute Gasteiger partial charge is 0.318 e. The molecule has 1 aromatic carbocycles. The monoisotopic (exact) mass is 704 g/mol. The number of alkyl halides is 1. The fourth-order valence-corrected chi connectivity index (χ4v) is 9.26. The van der Waals surface area contributed by atoms with Gasteiger partial charge in [-0.15, -0.1) is 0 Å². The number of aromatic hydroxyl groups is 1. The highest BCUT2D eigenvalue weighted by Crippen LogP contribution is 2.52. The van der Waals surface area contributed by atoms with Crippen LogP contribution in [0.15, 0.2) is 12.1 Å². The molecule has 1 N–H and O–H groups in total. The number of fused-ring (bicyclic) bond motifs is 5. The predicted octanol–water partition coefficient (Wildman–Crippen LogP) is 4.84. The minimum Gasteiger partial charge on any atom is -0.507 e. The quantitative estimate of drug-likeness (QED) is 0.394. The van der Waals surface area contributed by atoms with Gasteiger partial charge in [0.25, 0.3) is 5.91 Å². The zero-order valence-corrected chi connectivity index (χ0v) is 29.5. The summed E-state index contributed by atoms with van der Waals surface area (Å²) in [7, 11) is 3.35. The Morgan fingerprint density at radius 1 is 1.24 bits per heavy atom. The first kappa shape index (κ1) is 33.2. The molecule has 2 aromatic heterocycles. The lowest BCUT2D eigenvalue weighted by molar-refractivity contribution is -0.0875. The molecule has 0 bridgehead atoms. The zero-order valence-electron chi connectivity index (χ0n) is 28.7. The van der Waals surface area contributed by atoms with Crippen LogP contribution < -0.4 is 9.64 Å². The molecule has 12 nitrogen and oxygen atoms in total. The highest BCUT2D eigenvalue weighted by Gasteiger charge is 2.50. The predicted molar refractivity (Wildman–Crippen MR) is 182 cm³/mol. The van der Waals surface area contributed by atoms with Crippen molar-refractivity contribution in [2.75, 3.05) is 45.2 Å². The summed E-state index contributed by atoms with van der Waals surface area (Å²) in [6.45, 7) is 5.46. The van der Waals surface area contributed by atoms with Gasteiger partial charge in [0.1, 0.15) is 41.6 Å². The van der Waals surface area contributed by atoms with E-state index in [1.54, 1.807) is 20.2 Å². The van der Waals surface area contributed by atoms with Crippen LogP contribution in [0.1, 0.15) is 95.5 Å². The summed E-state index contributed by atoms with van der Waals surface area (Å²) in [5.41, 5.74) is 3.25. The van der Waals surface area contributed by atoms with Crippen LogP contribution >= 0.6 is 11.6 Å². The molecule has 4 aliphatic heterocycles. The van der Waals surface area contributed by atoms with Crippen molar-refractivity contribution in [3.05, 3.63) is 56.5 Å². The molecule has 264 valence electrons. The summed E-state index contributed by atoms with van der Waals surface area (Å²) in [6, 6.07) is 5.97. The van der Waals surface area contributed by atoms with Gasteiger partial charge in [-0.3, -0.25) is 14.4 Å². The van der Waals surface area contributed by atoms with Crippen molar-refractivity contribution < 1.29 is 23.8 Å². The Labute approximate surface area is 295 Å². The minimum absolute atomic E-state index is 0.0604. The summed E-state index contributed by atoms with van der Waals surface area (Å²) in [6.07, 6.45) is 4.01. The lowest BCUT2D eigenvalue weighted by Gasteiger charge is -2.44. The molecule has 2 saturated heterocycles. The molecule has 0 saturated carbocycles. The molecule has 1 amide bonds. The van der Waals surface area contributed by atoms with E-state index in [0.717, 1.165) is 60.3 Å². The van der Waals surface area contributed by atoms with E-state index >= 15 is 0 Å². The lowest BCUT2D eigenvalue weighted by atomic mass is 9.69. The number of nitrogens with zero attached hydrogens (tertiary/aromatic N) is 8. The van der Waals surface area contributed by atoms with Crippen LogP contribution in [0.4, 0.5) is 10.2 Å². The number of aryl methyl sites for hydroxylation is 1. The number of phenols is 1. The first-order valence-corrected chi connectivity index (χ1v) is 17.9. The van der Waals surface area contributed by atoms with Gasteiger partial charge in [-0.05, 0) is 56.2 Å². The average Bonchev–Trinajstić information content (AvgIpc) is 3.67. The van der Waals surface area contributed by atoms with Crippen molar-refractivity contribution >= 4 is 23.3 Å². The maximum absolute atomic E-state index is 14.6. The summed E-state index contributed by atoms with van der Waals surface area (Å²) >= 11 is 6.84. The first-order chi connectivity index (χ1) is 24.0. The van der Waals surface area contributed by atoms with Gasteiger partial charge >= 0.3 is 6.01 Å². The number of aromatic nitrogens is 4. The molecule has 4 atom stereocenters. The second-order valence-electron chi connectivity index (χ2n) is 14.9. The van der Waals surface area contributed by atoms with Gasteiger partial charge in [0, 0.05) is 57.7 Å². The molecule has 50 heavy (non-hydrogen) atoms. The number of ether oxygens (including phenoxy) is 2. The van der Waals surface area contributed by atoms with E-state index < -0.39 is 11.8 Å². The summed E-state index contributed by atoms with van der Waals surface area (Å²) in [5.74, 6) is 0.532. The number of nitriles is 1. The Morgan fingerprint density at radius 3 is 2.88 bits per heavy atom. The number of benzene rings is 1. The molecular weight excluding hydrogens is 663 g/mol. The second-order valence-corrected chi connectivity index (χ2v) is 15.2. The Balaban J connectivity index is 1.20. The largest absolute Gasteiger partial charge is 0.507 e. The Bertz CT molecular complexity index is 1910. The highest BCUT2D eigenvalue weighted by atomic mass is 35.5. The Morgan fingerprint density at radius 2 is 2.08 bits per heavy atom. The first-order valence-electron chi connectivity index (χ1n) is 17.6. The van der Waals surface area contributed by atoms with Gasteiger partial charge in [0.2, 0.25) is 0 Å². The van der Waals surface area contributed by atoms with E-state index in [4.69, 9.17) is 31.0 Å². The van der Waals surface area contributed by atoms with E-state index in [-0.39, 0.29) is 53.6 Å². The average molecular weight is 705 g/mol. The minimum atomic E-state index is -0.883. The molecule has 0 radical (unpaired) electrons. The van der Waals surface area contributed by atoms with Crippen molar-refractivity contribution in [2.45, 2.75) is 94.8 Å². The van der Waals surface area contributed by atoms with Gasteiger partial charge < -0.3 is 24.4 Å². The van der Waals surface area contributed by atoms with Crippen molar-refractivity contribution in [3.63, 3.8) is 0 Å². The number of anilines is 1. The maximum Gasteiger partial charge on any atom is 0.318 e. The third-order valence-corrected chi connectivity index (χ3v) is 12.0. The highest BCUT2D eigenvalue weighted by molar-refractivity contribution is 6.34. The molecule has 8 rings (SSSR count). The van der Waals surface area contributed by atoms with Crippen LogP contribution in [0, 0.1) is 11.3 Å². The third-order valence-electron chi connectivity index (χ3n) is 11.6. The van der Waals surface area contributed by atoms with Crippen LogP contribution in [-0.2, 0) is 36.5 Å². The van der Waals surface area contributed by atoms with Crippen molar-refractivity contribution in [3.8, 4) is 17.8 Å². The van der Waals surface area contributed by atoms with Crippen LogP contribution in [0.25, 0.3) is 0 Å². The van der Waals surface area contributed by atoms with E-state index in [1.165, 1.54) is 4.90 Å². The molecule has 1 aliphatic carbocycles. The van der Waals surface area contributed by atoms with Crippen LogP contribution in [0.3, 0.4) is 0 Å². The SMILES string of the molecule is C[C@H]1CC[C@@]2(Cc3nc(OC[C@@]45CCCN4C[C@H](F)C5)nc(N4CCCn5nc(C(=O)N(C)C)c(Cl)c5C4)c3CO2)c2c1ccc(O)c2C#N. The normalized spacial score (nSPS) is 27.2. The van der Waals surface area contributed by atoms with Gasteiger partial charge in [-0.25, -0.2) is 4.39 Å². The van der Waals surface area contributed by atoms with E-state index in [0.29, 0.717) is 56.3 Å². The molecule has 14 heteroatoms. The van der Waals surface area contributed by atoms with E-state index in [9.17, 15) is 19.6 Å². The number of rotatable bonds is 5. The Hall–Kier alpha value is -3.99. The molecule has 6 heterocycles. The Kier molecular flexibility index (Phi) is 8.19. The summed E-state index contributed by atoms with van der Waals surface area (Å²) in [4.78, 5) is 28.7. The fourth-order valence-electron chi connectivity index (χ4n) is 8.98. The molecule has 3 aromatic rings. The molecule has 5 aliphatic rings. The van der Waals surface area contributed by atoms with Crippen LogP contribution in [-0.4, -0.2) is 92.6 Å². The lowest BCUT2D eigenvalue weighted by Crippen LogP contribution is -2.44. The topological polar surface area (TPSA) is 133 Å². The number of amides is 1. The molecular formula is C36H42ClFN8O4. The summed E-state index contributed by atoms with van der Waals surface area (Å²) in [5, 5.41) is 25.9. The number of halogens is 2. The number of hydrogen-bond acceptors (Lipinski definition) is 10. The number of hydrogen-bond donors (Lipinski definition) is 1. The molecule has 2 fully saturated rings. The maximum atomic E-state index is 14.6. The van der Waals surface area contributed by atoms with E-state index in [1.807, 2.05) is 10.7 Å². The summed E-state index contributed by atoms with van der Waals surface area (Å²) < 4.78 is 29.7. The number of phenolic OH excluding ortho intramolecular Hbond substituents is 1. The van der Waals surface area contributed by atoms with Crippen molar-refractivity contribution in [1.29, 1.82) is 5.26 Å². The number of carbonyl (C=O) groups is 1. The van der Waals surface area contributed by atoms with Crippen LogP contribution in [0.5, 0.6) is 11.8 Å². The van der Waals surface area contributed by atoms with Gasteiger partial charge in [-0.2, -0.15) is 20.3 Å². The van der Waals surface area contributed by atoms with Gasteiger partial charge in [-0.1, -0.05) is 24.6 Å². The molecule has 0 unspecified atom stereocenters. The van der Waals surface area contributed by atoms with Crippen molar-refractivity contribution in [1.82, 2.24) is 29.5 Å². The van der Waals surface area contributed by atoms with Crippen LogP contribution in [0.2, 0.25) is 5.02 Å². The van der Waals surface area contributed by atoms with Gasteiger partial charge in [0.05, 0.1) is 35.1 Å². The number of carbonyl (C=O) groups excluding carboxylic acids is 1. The standard InChI is InChI=1S/C36H42ClFN8O4/c1-21-8-10-36(29-23(21)6-7-28(47)24(29)16-39)15-26-25(19-50-36)32(41-34(40-26)49-20-35-9-4-12-45(35)17-22(38)14-35)44-11-5-13-46-27(18-44)30(37)31(42-46)33(48)43(2)3/h6-7,21-22,47H,4-5,8-15,17-20H2,1-3H3/t21-,22+,35-,36+/m0/s1. The van der Waals surface area contributed by atoms with Crippen molar-refractivity contribution in [2.24, 2.45) is 0 Å². The second kappa shape index (κ2) is 12.4. The zero-order chi connectivity index (χ0) is 34.9.